The minimum absolute atomic E-state index is 0.139. The number of hydrogen-bond donors (Lipinski definition) is 1. The number of nitrogens with zero attached hydrogens (tertiary/aromatic N) is 3. The Morgan fingerprint density at radius 2 is 1.97 bits per heavy atom. The lowest BCUT2D eigenvalue weighted by atomic mass is 9.49. The minimum atomic E-state index is -0.449. The van der Waals surface area contributed by atoms with Crippen LogP contribution in [0.5, 0.6) is 0 Å². The Balaban J connectivity index is 1.28. The summed E-state index contributed by atoms with van der Waals surface area (Å²) in [6.07, 6.45) is 14.9. The maximum Gasteiger partial charge on any atom is 0.157 e. The van der Waals surface area contributed by atoms with Crippen LogP contribution in [0.3, 0.4) is 0 Å². The molecule has 0 saturated heterocycles. The first-order valence-corrected chi connectivity index (χ1v) is 13.0. The molecule has 0 aromatic carbocycles. The Hall–Kier alpha value is -1.67. The van der Waals surface area contributed by atoms with Gasteiger partial charge in [0.2, 0.25) is 0 Å². The van der Waals surface area contributed by atoms with Gasteiger partial charge in [-0.3, -0.25) is 9.48 Å². The van der Waals surface area contributed by atoms with E-state index in [1.165, 1.54) is 38.5 Å². The van der Waals surface area contributed by atoms with E-state index in [1.54, 1.807) is 17.1 Å². The fourth-order valence-corrected chi connectivity index (χ4v) is 8.54. The number of rotatable bonds is 3. The van der Waals surface area contributed by atoms with Crippen LogP contribution in [-0.2, 0) is 11.3 Å². The third-order valence-electron chi connectivity index (χ3n) is 9.95. The van der Waals surface area contributed by atoms with Crippen molar-refractivity contribution in [1.29, 1.82) is 5.26 Å². The number of aromatic nitrogens is 2. The number of Topliss-reactive ketones (excluding diaryl/α,β-unsaturated/α-hetero) is 1. The van der Waals surface area contributed by atoms with E-state index < -0.39 is 5.60 Å². The molecule has 0 amide bonds. The summed E-state index contributed by atoms with van der Waals surface area (Å²) in [6.45, 7) is 4.80. The quantitative estimate of drug-likeness (QED) is 0.723. The molecular weight excluding hydrogens is 398 g/mol. The highest BCUT2D eigenvalue weighted by atomic mass is 16.3. The van der Waals surface area contributed by atoms with Gasteiger partial charge < -0.3 is 5.11 Å². The Morgan fingerprint density at radius 3 is 2.75 bits per heavy atom. The molecule has 32 heavy (non-hydrogen) atoms. The van der Waals surface area contributed by atoms with E-state index >= 15 is 0 Å². The van der Waals surface area contributed by atoms with E-state index in [1.807, 2.05) is 6.92 Å². The van der Waals surface area contributed by atoms with Crippen molar-refractivity contribution in [2.75, 3.05) is 0 Å². The second kappa shape index (κ2) is 8.60. The number of fused-ring (bicyclic) bond motifs is 5. The van der Waals surface area contributed by atoms with Gasteiger partial charge in [0.15, 0.2) is 5.78 Å². The number of ketones is 1. The molecule has 0 aliphatic heterocycles. The molecule has 5 rings (SSSR count). The summed E-state index contributed by atoms with van der Waals surface area (Å²) < 4.78 is 1.64. The van der Waals surface area contributed by atoms with Crippen LogP contribution in [0.15, 0.2) is 12.4 Å². The zero-order valence-electron chi connectivity index (χ0n) is 19.7. The number of carbonyl (C=O) groups excluding carboxylic acids is 1. The van der Waals surface area contributed by atoms with E-state index in [-0.39, 0.29) is 5.92 Å². The predicted octanol–water partition coefficient (Wildman–Crippen LogP) is 4.98. The average Bonchev–Trinajstić information content (AvgIpc) is 3.08. The van der Waals surface area contributed by atoms with Crippen LogP contribution in [0.25, 0.3) is 0 Å². The highest BCUT2D eigenvalue weighted by molar-refractivity contribution is 5.80. The minimum Gasteiger partial charge on any atom is -0.390 e. The van der Waals surface area contributed by atoms with E-state index in [9.17, 15) is 9.90 Å². The molecule has 4 fully saturated rings. The zero-order chi connectivity index (χ0) is 22.5. The molecule has 5 nitrogen and oxygen atoms in total. The second-order valence-electron chi connectivity index (χ2n) is 12.0. The van der Waals surface area contributed by atoms with E-state index in [0.29, 0.717) is 29.7 Å². The standard InChI is InChI=1S/C27H39N3O2/c1-17-10-25-21-8-9-27(2,32)12-20(21)6-7-23(25)22-5-3-4-19(11-24(17)22)26(31)16-30-15-18(13-28)14-29-30/h14-15,17,19-25,32H,3-12,16H2,1-2H3/t17-,19+,20+,21-,22+,23+,24+,25+,27+/m0/s1. The summed E-state index contributed by atoms with van der Waals surface area (Å²) in [5.41, 5.74) is 0.0699. The third-order valence-corrected chi connectivity index (χ3v) is 9.95. The first-order chi connectivity index (χ1) is 15.3. The molecular formula is C27H39N3O2. The fraction of sp³-hybridized carbons (Fsp3) is 0.815. The van der Waals surface area contributed by atoms with Crippen molar-refractivity contribution >= 4 is 5.78 Å². The first kappa shape index (κ1) is 22.1. The average molecular weight is 438 g/mol. The van der Waals surface area contributed by atoms with Crippen molar-refractivity contribution in [3.63, 3.8) is 0 Å². The van der Waals surface area contributed by atoms with Crippen LogP contribution in [0.2, 0.25) is 0 Å². The van der Waals surface area contributed by atoms with E-state index in [2.05, 4.69) is 18.1 Å². The maximum absolute atomic E-state index is 13.2. The summed E-state index contributed by atoms with van der Waals surface area (Å²) >= 11 is 0. The summed E-state index contributed by atoms with van der Waals surface area (Å²) in [5, 5.41) is 23.9. The lowest BCUT2D eigenvalue weighted by Gasteiger charge is -2.56. The Bertz CT molecular complexity index is 884. The van der Waals surface area contributed by atoms with Crippen LogP contribution in [0.4, 0.5) is 0 Å². The van der Waals surface area contributed by atoms with Gasteiger partial charge in [-0.15, -0.1) is 0 Å². The van der Waals surface area contributed by atoms with Gasteiger partial charge in [-0.1, -0.05) is 13.3 Å². The number of aliphatic hydroxyl groups is 1. The fourth-order valence-electron chi connectivity index (χ4n) is 8.54. The number of carbonyl (C=O) groups is 1. The summed E-state index contributed by atoms with van der Waals surface area (Å²) in [7, 11) is 0. The van der Waals surface area contributed by atoms with Crippen LogP contribution < -0.4 is 0 Å². The van der Waals surface area contributed by atoms with Gasteiger partial charge >= 0.3 is 0 Å². The molecule has 5 heteroatoms. The van der Waals surface area contributed by atoms with Gasteiger partial charge in [-0.25, -0.2) is 0 Å². The Morgan fingerprint density at radius 1 is 1.16 bits per heavy atom. The normalized spacial score (nSPS) is 43.8. The maximum atomic E-state index is 13.2. The highest BCUT2D eigenvalue weighted by Gasteiger charge is 2.52. The monoisotopic (exact) mass is 437 g/mol. The lowest BCUT2D eigenvalue weighted by Crippen LogP contribution is -2.50. The van der Waals surface area contributed by atoms with Crippen LogP contribution in [0.1, 0.15) is 83.6 Å². The SMILES string of the molecule is C[C@H]1C[C@H]2[C@H](CC[C@@H]3C[C@](C)(O)CC[C@@H]32)[C@H]2CCC[C@@H](C(=O)Cn3cc(C#N)cn3)C[C@@H]21. The van der Waals surface area contributed by atoms with Crippen LogP contribution in [0, 0.1) is 58.7 Å². The molecule has 1 aromatic heterocycles. The molecule has 1 heterocycles. The van der Waals surface area contributed by atoms with Crippen molar-refractivity contribution in [2.24, 2.45) is 47.3 Å². The van der Waals surface area contributed by atoms with Crippen LogP contribution in [-0.4, -0.2) is 26.3 Å². The van der Waals surface area contributed by atoms with Gasteiger partial charge in [0, 0.05) is 12.1 Å². The van der Waals surface area contributed by atoms with Gasteiger partial charge in [0.25, 0.3) is 0 Å². The molecule has 1 aromatic rings. The first-order valence-electron chi connectivity index (χ1n) is 13.0. The molecule has 4 aliphatic rings. The molecule has 4 saturated carbocycles. The Kier molecular flexibility index (Phi) is 5.95. The molecule has 1 N–H and O–H groups in total. The molecule has 0 unspecified atom stereocenters. The van der Waals surface area contributed by atoms with E-state index in [4.69, 9.17) is 5.26 Å². The molecule has 0 bridgehead atoms. The van der Waals surface area contributed by atoms with Crippen molar-refractivity contribution in [3.05, 3.63) is 18.0 Å². The smallest absolute Gasteiger partial charge is 0.157 e. The molecule has 0 radical (unpaired) electrons. The number of hydrogen-bond acceptors (Lipinski definition) is 4. The predicted molar refractivity (Wildman–Crippen MR) is 122 cm³/mol. The van der Waals surface area contributed by atoms with Crippen LogP contribution >= 0.6 is 0 Å². The van der Waals surface area contributed by atoms with Crippen molar-refractivity contribution in [1.82, 2.24) is 9.78 Å². The van der Waals surface area contributed by atoms with Crippen molar-refractivity contribution in [2.45, 2.75) is 90.2 Å². The molecule has 9 atom stereocenters. The van der Waals surface area contributed by atoms with Gasteiger partial charge in [0.05, 0.1) is 23.9 Å². The lowest BCUT2D eigenvalue weighted by molar-refractivity contribution is -0.125. The Labute approximate surface area is 192 Å². The summed E-state index contributed by atoms with van der Waals surface area (Å²) in [5.74, 6) is 5.77. The van der Waals surface area contributed by atoms with Gasteiger partial charge in [0.1, 0.15) is 6.07 Å². The zero-order valence-corrected chi connectivity index (χ0v) is 19.7. The molecule has 0 spiro atoms. The van der Waals surface area contributed by atoms with Gasteiger partial charge in [-0.05, 0) is 106 Å². The second-order valence-corrected chi connectivity index (χ2v) is 12.0. The summed E-state index contributed by atoms with van der Waals surface area (Å²) in [4.78, 5) is 13.2. The topological polar surface area (TPSA) is 78.9 Å². The molecule has 4 aliphatic carbocycles. The summed E-state index contributed by atoms with van der Waals surface area (Å²) in [6, 6.07) is 2.10. The van der Waals surface area contributed by atoms with Crippen molar-refractivity contribution in [3.8, 4) is 6.07 Å². The largest absolute Gasteiger partial charge is 0.390 e. The van der Waals surface area contributed by atoms with Crippen molar-refractivity contribution < 1.29 is 9.90 Å². The number of nitriles is 1. The molecule has 174 valence electrons. The highest BCUT2D eigenvalue weighted by Crippen LogP contribution is 2.59. The van der Waals surface area contributed by atoms with E-state index in [0.717, 1.165) is 55.3 Å². The third kappa shape index (κ3) is 4.16. The van der Waals surface area contributed by atoms with Gasteiger partial charge in [-0.2, -0.15) is 10.4 Å².